The number of methoxy groups -OCH3 is 1. The van der Waals surface area contributed by atoms with Gasteiger partial charge in [0.15, 0.2) is 0 Å². The Morgan fingerprint density at radius 3 is 2.33 bits per heavy atom. The summed E-state index contributed by atoms with van der Waals surface area (Å²) in [6.07, 6.45) is 1.03. The first kappa shape index (κ1) is 15.9. The Hall–Kier alpha value is -3.01. The van der Waals surface area contributed by atoms with Gasteiger partial charge in [-0.15, -0.1) is 0 Å². The number of carbonyl (C=O) groups is 1. The zero-order valence-electron chi connectivity index (χ0n) is 13.6. The minimum absolute atomic E-state index is 0.203. The van der Waals surface area contributed by atoms with Crippen molar-refractivity contribution in [2.75, 3.05) is 18.6 Å². The van der Waals surface area contributed by atoms with Gasteiger partial charge in [0.1, 0.15) is 0 Å². The van der Waals surface area contributed by atoms with E-state index in [1.165, 1.54) is 7.11 Å². The van der Waals surface area contributed by atoms with Crippen LogP contribution >= 0.6 is 0 Å². The van der Waals surface area contributed by atoms with E-state index < -0.39 is 0 Å². The van der Waals surface area contributed by atoms with E-state index in [9.17, 15) is 4.79 Å². The molecule has 4 nitrogen and oxygen atoms in total. The Balaban J connectivity index is 1.93. The fraction of sp³-hybridized carbons (Fsp3) is 0.150. The molecule has 0 heterocycles. The third kappa shape index (κ3) is 3.04. The predicted molar refractivity (Wildman–Crippen MR) is 98.5 cm³/mol. The Labute approximate surface area is 141 Å². The summed E-state index contributed by atoms with van der Waals surface area (Å²) in [5, 5.41) is 1.93. The third-order valence-electron chi connectivity index (χ3n) is 4.23. The molecule has 0 unspecified atom stereocenters. The Kier molecular flexibility index (Phi) is 4.38. The topological polar surface area (TPSA) is 78.3 Å². The summed E-state index contributed by atoms with van der Waals surface area (Å²) in [5.74, 6) is -0.203. The zero-order valence-corrected chi connectivity index (χ0v) is 13.6. The second-order valence-corrected chi connectivity index (χ2v) is 5.75. The second-order valence-electron chi connectivity index (χ2n) is 5.75. The van der Waals surface area contributed by atoms with Crippen LogP contribution in [0.15, 0.2) is 54.6 Å². The summed E-state index contributed by atoms with van der Waals surface area (Å²) in [7, 11) is 1.40. The molecule has 4 heteroatoms. The highest BCUT2D eigenvalue weighted by Crippen LogP contribution is 2.36. The van der Waals surface area contributed by atoms with E-state index in [0.717, 1.165) is 33.2 Å². The van der Waals surface area contributed by atoms with E-state index >= 15 is 0 Å². The van der Waals surface area contributed by atoms with E-state index in [2.05, 4.69) is 4.74 Å². The van der Waals surface area contributed by atoms with Crippen molar-refractivity contribution in [2.24, 2.45) is 0 Å². The van der Waals surface area contributed by atoms with Gasteiger partial charge in [-0.05, 0) is 23.6 Å². The van der Waals surface area contributed by atoms with Crippen LogP contribution in [-0.4, -0.2) is 13.1 Å². The number of rotatable bonds is 4. The van der Waals surface area contributed by atoms with Gasteiger partial charge in [0.25, 0.3) is 0 Å². The van der Waals surface area contributed by atoms with Crippen LogP contribution in [0.3, 0.4) is 0 Å². The lowest BCUT2D eigenvalue weighted by molar-refractivity contribution is -0.140. The van der Waals surface area contributed by atoms with Crippen LogP contribution in [0.5, 0.6) is 0 Å². The molecular formula is C20H20N2O2. The minimum Gasteiger partial charge on any atom is -0.469 e. The number of nitrogens with two attached hydrogens (primary N) is 2. The maximum atomic E-state index is 11.2. The fourth-order valence-electron chi connectivity index (χ4n) is 2.86. The van der Waals surface area contributed by atoms with Crippen molar-refractivity contribution in [3.63, 3.8) is 0 Å². The molecule has 24 heavy (non-hydrogen) atoms. The van der Waals surface area contributed by atoms with Crippen LogP contribution in [0.1, 0.15) is 12.0 Å². The van der Waals surface area contributed by atoms with Gasteiger partial charge in [-0.2, -0.15) is 0 Å². The lowest BCUT2D eigenvalue weighted by Gasteiger charge is -2.12. The van der Waals surface area contributed by atoms with Gasteiger partial charge in [-0.1, -0.05) is 48.5 Å². The first-order valence-electron chi connectivity index (χ1n) is 7.83. The summed E-state index contributed by atoms with van der Waals surface area (Å²) in [6, 6.07) is 17.8. The van der Waals surface area contributed by atoms with E-state index in [4.69, 9.17) is 11.5 Å². The Morgan fingerprint density at radius 2 is 1.67 bits per heavy atom. The molecule has 0 aliphatic heterocycles. The first-order valence-corrected chi connectivity index (χ1v) is 7.83. The van der Waals surface area contributed by atoms with Gasteiger partial charge >= 0.3 is 5.97 Å². The van der Waals surface area contributed by atoms with Crippen molar-refractivity contribution in [2.45, 2.75) is 12.8 Å². The molecule has 0 amide bonds. The van der Waals surface area contributed by atoms with Crippen molar-refractivity contribution >= 4 is 28.1 Å². The molecule has 3 aromatic carbocycles. The molecule has 0 saturated carbocycles. The number of carbonyl (C=O) groups excluding carboxylic acids is 1. The molecule has 3 rings (SSSR count). The molecule has 0 aliphatic carbocycles. The highest BCUT2D eigenvalue weighted by molar-refractivity contribution is 6.06. The van der Waals surface area contributed by atoms with Gasteiger partial charge in [-0.25, -0.2) is 0 Å². The predicted octanol–water partition coefficient (Wildman–Crippen LogP) is 3.78. The summed E-state index contributed by atoms with van der Waals surface area (Å²) in [6.45, 7) is 0. The maximum absolute atomic E-state index is 11.2. The average molecular weight is 320 g/mol. The lowest BCUT2D eigenvalue weighted by atomic mass is 9.96. The smallest absolute Gasteiger partial charge is 0.305 e. The molecule has 0 atom stereocenters. The Bertz CT molecular complexity index is 886. The van der Waals surface area contributed by atoms with Crippen LogP contribution in [0.4, 0.5) is 11.4 Å². The largest absolute Gasteiger partial charge is 0.469 e. The summed E-state index contributed by atoms with van der Waals surface area (Å²) in [5.41, 5.74) is 17.0. The molecule has 0 fully saturated rings. The second kappa shape index (κ2) is 6.62. The molecule has 122 valence electrons. The normalized spacial score (nSPS) is 10.7. The summed E-state index contributed by atoms with van der Waals surface area (Å²) in [4.78, 5) is 11.2. The van der Waals surface area contributed by atoms with Crippen molar-refractivity contribution in [1.29, 1.82) is 0 Å². The molecule has 4 N–H and O–H groups in total. The molecule has 0 aromatic heterocycles. The number of nitrogen functional groups attached to an aromatic ring is 2. The molecule has 0 radical (unpaired) electrons. The van der Waals surface area contributed by atoms with Gasteiger partial charge in [0.05, 0.1) is 7.11 Å². The number of hydrogen-bond donors (Lipinski definition) is 2. The standard InChI is InChI=1S/C20H20N2O2/c1-24-19(23)11-8-13-6-9-14(10-7-13)17-12-18(21)15-4-2-3-5-16(15)20(17)22/h2-7,9-10,12H,8,11,21-22H2,1H3. The van der Waals surface area contributed by atoms with E-state index in [1.807, 2.05) is 54.6 Å². The fourth-order valence-corrected chi connectivity index (χ4v) is 2.86. The number of benzene rings is 3. The Morgan fingerprint density at radius 1 is 1.00 bits per heavy atom. The highest BCUT2D eigenvalue weighted by Gasteiger charge is 2.10. The van der Waals surface area contributed by atoms with Crippen LogP contribution in [0.2, 0.25) is 0 Å². The highest BCUT2D eigenvalue weighted by atomic mass is 16.5. The monoisotopic (exact) mass is 320 g/mol. The van der Waals surface area contributed by atoms with Crippen LogP contribution in [0, 0.1) is 0 Å². The number of fused-ring (bicyclic) bond motifs is 1. The number of esters is 1. The van der Waals surface area contributed by atoms with Gasteiger partial charge in [-0.3, -0.25) is 4.79 Å². The average Bonchev–Trinajstić information content (AvgIpc) is 2.63. The number of aryl methyl sites for hydroxylation is 1. The third-order valence-corrected chi connectivity index (χ3v) is 4.23. The van der Waals surface area contributed by atoms with Crippen molar-refractivity contribution < 1.29 is 9.53 Å². The van der Waals surface area contributed by atoms with E-state index in [-0.39, 0.29) is 5.97 Å². The zero-order chi connectivity index (χ0) is 17.1. The van der Waals surface area contributed by atoms with Crippen molar-refractivity contribution in [1.82, 2.24) is 0 Å². The minimum atomic E-state index is -0.203. The van der Waals surface area contributed by atoms with Crippen molar-refractivity contribution in [3.05, 3.63) is 60.2 Å². The molecule has 3 aromatic rings. The summed E-state index contributed by atoms with van der Waals surface area (Å²) >= 11 is 0. The lowest BCUT2D eigenvalue weighted by Crippen LogP contribution is -2.01. The number of anilines is 2. The van der Waals surface area contributed by atoms with Crippen LogP contribution in [-0.2, 0) is 16.0 Å². The molecule has 0 bridgehead atoms. The molecule has 0 saturated heterocycles. The number of hydrogen-bond acceptors (Lipinski definition) is 4. The molecular weight excluding hydrogens is 300 g/mol. The van der Waals surface area contributed by atoms with E-state index in [0.29, 0.717) is 18.5 Å². The SMILES string of the molecule is COC(=O)CCc1ccc(-c2cc(N)c3ccccc3c2N)cc1. The molecule has 0 aliphatic rings. The first-order chi connectivity index (χ1) is 11.6. The van der Waals surface area contributed by atoms with Crippen LogP contribution < -0.4 is 11.5 Å². The maximum Gasteiger partial charge on any atom is 0.305 e. The van der Waals surface area contributed by atoms with E-state index in [1.54, 1.807) is 0 Å². The van der Waals surface area contributed by atoms with Crippen LogP contribution in [0.25, 0.3) is 21.9 Å². The van der Waals surface area contributed by atoms with Gasteiger partial charge in [0, 0.05) is 34.1 Å². The van der Waals surface area contributed by atoms with Gasteiger partial charge < -0.3 is 16.2 Å². The summed E-state index contributed by atoms with van der Waals surface area (Å²) < 4.78 is 4.67. The van der Waals surface area contributed by atoms with Gasteiger partial charge in [0.2, 0.25) is 0 Å². The number of ether oxygens (including phenoxy) is 1. The molecule has 0 spiro atoms. The quantitative estimate of drug-likeness (QED) is 0.566. The van der Waals surface area contributed by atoms with Crippen molar-refractivity contribution in [3.8, 4) is 11.1 Å².